The van der Waals surface area contributed by atoms with Crippen LogP contribution in [0.25, 0.3) is 11.2 Å². The molecule has 0 aliphatic heterocycles. The fourth-order valence-electron chi connectivity index (χ4n) is 2.02. The van der Waals surface area contributed by atoms with Gasteiger partial charge < -0.3 is 13.8 Å². The number of hydrogen-bond acceptors (Lipinski definition) is 7. The highest BCUT2D eigenvalue weighted by Crippen LogP contribution is 2.29. The van der Waals surface area contributed by atoms with Gasteiger partial charge in [0.05, 0.1) is 30.4 Å². The van der Waals surface area contributed by atoms with Crippen LogP contribution in [-0.2, 0) is 11.5 Å². The Labute approximate surface area is 140 Å². The highest BCUT2D eigenvalue weighted by atomic mass is 32.2. The standard InChI is InChI=1S/C15H12N4O2S2/c1-3-10(20-5-1)7-22-14-12-13(17-9-16-12)18-15(19-14)23-8-11-4-2-6-21-11/h1-6,9H,7-8H2,(H,16,17,18,19). The summed E-state index contributed by atoms with van der Waals surface area (Å²) in [6.07, 6.45) is 4.97. The van der Waals surface area contributed by atoms with Crippen LogP contribution in [0.2, 0.25) is 0 Å². The van der Waals surface area contributed by atoms with E-state index in [0.717, 1.165) is 22.1 Å². The van der Waals surface area contributed by atoms with Crippen LogP contribution in [-0.4, -0.2) is 19.9 Å². The van der Waals surface area contributed by atoms with Gasteiger partial charge in [0, 0.05) is 0 Å². The third kappa shape index (κ3) is 3.27. The molecule has 0 aromatic carbocycles. The first-order chi connectivity index (χ1) is 11.4. The van der Waals surface area contributed by atoms with Gasteiger partial charge in [-0.15, -0.1) is 0 Å². The second-order valence-corrected chi connectivity index (χ2v) is 6.56. The fourth-order valence-corrected chi connectivity index (χ4v) is 3.71. The molecule has 23 heavy (non-hydrogen) atoms. The van der Waals surface area contributed by atoms with Gasteiger partial charge in [-0.2, -0.15) is 0 Å². The zero-order valence-corrected chi connectivity index (χ0v) is 13.6. The van der Waals surface area contributed by atoms with Crippen molar-refractivity contribution in [3.63, 3.8) is 0 Å². The van der Waals surface area contributed by atoms with Crippen molar-refractivity contribution in [2.75, 3.05) is 0 Å². The minimum atomic E-state index is 0.670. The second-order valence-electron chi connectivity index (χ2n) is 4.65. The highest BCUT2D eigenvalue weighted by Gasteiger charge is 2.12. The Morgan fingerprint density at radius 3 is 2.39 bits per heavy atom. The number of aromatic nitrogens is 4. The first-order valence-electron chi connectivity index (χ1n) is 6.90. The Balaban J connectivity index is 1.56. The van der Waals surface area contributed by atoms with Crippen molar-refractivity contribution < 1.29 is 8.83 Å². The lowest BCUT2D eigenvalue weighted by Crippen LogP contribution is -1.93. The van der Waals surface area contributed by atoms with E-state index in [1.807, 2.05) is 24.3 Å². The Morgan fingerprint density at radius 2 is 1.70 bits per heavy atom. The van der Waals surface area contributed by atoms with Gasteiger partial charge >= 0.3 is 0 Å². The van der Waals surface area contributed by atoms with Crippen molar-refractivity contribution in [1.29, 1.82) is 0 Å². The van der Waals surface area contributed by atoms with Crippen LogP contribution in [0.1, 0.15) is 11.5 Å². The Bertz CT molecular complexity index is 888. The summed E-state index contributed by atoms with van der Waals surface area (Å²) < 4.78 is 10.7. The van der Waals surface area contributed by atoms with Gasteiger partial charge in [-0.05, 0) is 24.3 Å². The van der Waals surface area contributed by atoms with Gasteiger partial charge in [0.25, 0.3) is 0 Å². The van der Waals surface area contributed by atoms with E-state index in [-0.39, 0.29) is 0 Å². The average molecular weight is 344 g/mol. The van der Waals surface area contributed by atoms with E-state index in [9.17, 15) is 0 Å². The van der Waals surface area contributed by atoms with Crippen LogP contribution in [0.5, 0.6) is 0 Å². The number of rotatable bonds is 6. The molecule has 6 nitrogen and oxygen atoms in total. The van der Waals surface area contributed by atoms with Crippen LogP contribution < -0.4 is 0 Å². The second kappa shape index (κ2) is 6.51. The van der Waals surface area contributed by atoms with Crippen LogP contribution >= 0.6 is 23.5 Å². The molecule has 0 bridgehead atoms. The zero-order chi connectivity index (χ0) is 15.5. The van der Waals surface area contributed by atoms with E-state index in [2.05, 4.69) is 19.9 Å². The van der Waals surface area contributed by atoms with E-state index in [0.29, 0.717) is 22.3 Å². The number of nitrogens with one attached hydrogen (secondary N) is 1. The molecule has 0 fully saturated rings. The number of thioether (sulfide) groups is 2. The molecule has 0 aliphatic carbocycles. The quantitative estimate of drug-likeness (QED) is 0.320. The third-order valence-corrected chi connectivity index (χ3v) is 4.95. The topological polar surface area (TPSA) is 80.7 Å². The number of aromatic amines is 1. The van der Waals surface area contributed by atoms with Gasteiger partial charge in [-0.25, -0.2) is 15.0 Å². The van der Waals surface area contributed by atoms with Gasteiger partial charge in [0.1, 0.15) is 22.1 Å². The van der Waals surface area contributed by atoms with Crippen LogP contribution in [0, 0.1) is 0 Å². The molecule has 0 atom stereocenters. The molecule has 4 rings (SSSR count). The maximum atomic E-state index is 5.37. The molecule has 4 aromatic heterocycles. The molecule has 0 spiro atoms. The molecule has 0 aliphatic rings. The summed E-state index contributed by atoms with van der Waals surface area (Å²) in [5, 5.41) is 1.55. The largest absolute Gasteiger partial charge is 0.468 e. The molecule has 0 amide bonds. The van der Waals surface area contributed by atoms with Crippen LogP contribution in [0.3, 0.4) is 0 Å². The Kier molecular flexibility index (Phi) is 4.08. The minimum Gasteiger partial charge on any atom is -0.468 e. The first-order valence-corrected chi connectivity index (χ1v) is 8.87. The molecule has 8 heteroatoms. The molecule has 0 saturated carbocycles. The predicted molar refractivity (Wildman–Crippen MR) is 88.2 cm³/mol. The van der Waals surface area contributed by atoms with Crippen molar-refractivity contribution in [2.45, 2.75) is 21.7 Å². The lowest BCUT2D eigenvalue weighted by molar-refractivity contribution is 0.530. The molecule has 4 aromatic rings. The molecule has 4 heterocycles. The normalized spacial score (nSPS) is 11.3. The number of hydrogen-bond donors (Lipinski definition) is 1. The summed E-state index contributed by atoms with van der Waals surface area (Å²) >= 11 is 3.12. The van der Waals surface area contributed by atoms with Crippen LogP contribution in [0.15, 0.2) is 62.1 Å². The Hall–Kier alpha value is -2.19. The summed E-state index contributed by atoms with van der Waals surface area (Å²) in [7, 11) is 0. The van der Waals surface area contributed by atoms with Crippen molar-refractivity contribution >= 4 is 34.7 Å². The van der Waals surface area contributed by atoms with Crippen LogP contribution in [0.4, 0.5) is 0 Å². The lowest BCUT2D eigenvalue weighted by atomic mass is 10.5. The van der Waals surface area contributed by atoms with Crippen molar-refractivity contribution in [3.05, 3.63) is 54.6 Å². The monoisotopic (exact) mass is 344 g/mol. The van der Waals surface area contributed by atoms with E-state index in [1.54, 1.807) is 30.6 Å². The number of nitrogens with zero attached hydrogens (tertiary/aromatic N) is 3. The highest BCUT2D eigenvalue weighted by molar-refractivity contribution is 7.99. The minimum absolute atomic E-state index is 0.670. The summed E-state index contributed by atoms with van der Waals surface area (Å²) in [4.78, 5) is 16.5. The average Bonchev–Trinajstić information content (AvgIpc) is 3.32. The third-order valence-electron chi connectivity index (χ3n) is 3.09. The maximum absolute atomic E-state index is 5.37. The SMILES string of the molecule is c1coc(CSc2nc(SCc3ccco3)c3[nH]cnc3n2)c1. The summed E-state index contributed by atoms with van der Waals surface area (Å²) in [6.45, 7) is 0. The van der Waals surface area contributed by atoms with Gasteiger partial charge in [0.15, 0.2) is 10.8 Å². The van der Waals surface area contributed by atoms with Crippen molar-refractivity contribution in [2.24, 2.45) is 0 Å². The molecule has 0 radical (unpaired) electrons. The number of imidazole rings is 1. The molecule has 116 valence electrons. The molecular weight excluding hydrogens is 332 g/mol. The van der Waals surface area contributed by atoms with E-state index < -0.39 is 0 Å². The number of fused-ring (bicyclic) bond motifs is 1. The zero-order valence-electron chi connectivity index (χ0n) is 11.9. The molecule has 0 saturated heterocycles. The van der Waals surface area contributed by atoms with Gasteiger partial charge in [-0.3, -0.25) is 0 Å². The number of H-pyrrole nitrogens is 1. The fraction of sp³-hybridized carbons (Fsp3) is 0.133. The predicted octanol–water partition coefficient (Wildman–Crippen LogP) is 4.12. The van der Waals surface area contributed by atoms with Crippen molar-refractivity contribution in [3.8, 4) is 0 Å². The van der Waals surface area contributed by atoms with E-state index >= 15 is 0 Å². The number of furan rings is 2. The summed E-state index contributed by atoms with van der Waals surface area (Å²) in [5.41, 5.74) is 1.52. The van der Waals surface area contributed by atoms with Gasteiger partial charge in [0.2, 0.25) is 0 Å². The summed E-state index contributed by atoms with van der Waals surface area (Å²) in [6, 6.07) is 7.64. The van der Waals surface area contributed by atoms with E-state index in [1.165, 1.54) is 11.8 Å². The van der Waals surface area contributed by atoms with Gasteiger partial charge in [-0.1, -0.05) is 23.5 Å². The van der Waals surface area contributed by atoms with Crippen molar-refractivity contribution in [1.82, 2.24) is 19.9 Å². The molecule has 0 unspecified atom stereocenters. The smallest absolute Gasteiger partial charge is 0.191 e. The van der Waals surface area contributed by atoms with E-state index in [4.69, 9.17) is 8.83 Å². The summed E-state index contributed by atoms with van der Waals surface area (Å²) in [5.74, 6) is 3.20. The molecular formula is C15H12N4O2S2. The molecule has 1 N–H and O–H groups in total. The lowest BCUT2D eigenvalue weighted by Gasteiger charge is -2.04. The Morgan fingerprint density at radius 1 is 0.957 bits per heavy atom. The maximum Gasteiger partial charge on any atom is 0.191 e. The first kappa shape index (κ1) is 14.4.